The second kappa shape index (κ2) is 9.38. The summed E-state index contributed by atoms with van der Waals surface area (Å²) >= 11 is 0. The van der Waals surface area contributed by atoms with E-state index in [0.717, 1.165) is 6.42 Å². The lowest BCUT2D eigenvalue weighted by molar-refractivity contribution is -0.130. The molecule has 2 N–H and O–H groups in total. The van der Waals surface area contributed by atoms with Gasteiger partial charge in [-0.15, -0.1) is 0 Å². The van der Waals surface area contributed by atoms with E-state index in [2.05, 4.69) is 17.2 Å². The summed E-state index contributed by atoms with van der Waals surface area (Å²) in [5.74, 6) is -0.731. The van der Waals surface area contributed by atoms with Gasteiger partial charge in [0.2, 0.25) is 11.8 Å². The summed E-state index contributed by atoms with van der Waals surface area (Å²) in [5.41, 5.74) is 0.945. The van der Waals surface area contributed by atoms with Crippen molar-refractivity contribution in [1.82, 2.24) is 4.90 Å². The van der Waals surface area contributed by atoms with E-state index in [1.165, 1.54) is 18.2 Å². The number of nitrogens with zero attached hydrogens (tertiary/aromatic N) is 2. The summed E-state index contributed by atoms with van der Waals surface area (Å²) < 4.78 is 4.79. The maximum atomic E-state index is 12.5. The predicted octanol–water partition coefficient (Wildman–Crippen LogP) is 2.49. The number of hydrogen-bond acceptors (Lipinski definition) is 5. The molecule has 1 aliphatic rings. The Kier molecular flexibility index (Phi) is 6.94. The van der Waals surface area contributed by atoms with Gasteiger partial charge in [-0.1, -0.05) is 6.58 Å². The molecule has 3 amide bonds. The number of piperidine rings is 1. The quantitative estimate of drug-likeness (QED) is 0.774. The highest BCUT2D eigenvalue weighted by Gasteiger charge is 2.27. The van der Waals surface area contributed by atoms with E-state index in [1.807, 2.05) is 6.07 Å². The van der Waals surface area contributed by atoms with Crippen LogP contribution in [-0.2, 0) is 14.3 Å². The summed E-state index contributed by atoms with van der Waals surface area (Å²) in [5, 5.41) is 14.5. The summed E-state index contributed by atoms with van der Waals surface area (Å²) in [7, 11) is 0. The Labute approximate surface area is 157 Å². The van der Waals surface area contributed by atoms with E-state index in [-0.39, 0.29) is 29.9 Å². The number of benzene rings is 1. The molecule has 0 aliphatic carbocycles. The molecule has 1 atom stereocenters. The third-order valence-corrected chi connectivity index (χ3v) is 4.20. The van der Waals surface area contributed by atoms with Crippen molar-refractivity contribution in [2.45, 2.75) is 19.8 Å². The number of carbonyl (C=O) groups excluding carboxylic acids is 3. The fraction of sp³-hybridized carbons (Fsp3) is 0.368. The first-order valence-electron chi connectivity index (χ1n) is 8.68. The molecule has 1 heterocycles. The van der Waals surface area contributed by atoms with Gasteiger partial charge in [0.05, 0.1) is 23.8 Å². The maximum Gasteiger partial charge on any atom is 0.411 e. The van der Waals surface area contributed by atoms with Crippen molar-refractivity contribution in [3.05, 3.63) is 36.4 Å². The van der Waals surface area contributed by atoms with Crippen LogP contribution in [0, 0.1) is 17.2 Å². The number of rotatable bonds is 5. The van der Waals surface area contributed by atoms with Crippen LogP contribution in [0.2, 0.25) is 0 Å². The fourth-order valence-electron chi connectivity index (χ4n) is 2.87. The van der Waals surface area contributed by atoms with Crippen LogP contribution >= 0.6 is 0 Å². The molecule has 0 aromatic heterocycles. The van der Waals surface area contributed by atoms with Crippen molar-refractivity contribution in [2.24, 2.45) is 5.92 Å². The minimum Gasteiger partial charge on any atom is -0.450 e. The average Bonchev–Trinajstić information content (AvgIpc) is 2.68. The minimum atomic E-state index is -0.653. The molecule has 1 saturated heterocycles. The number of carbonyl (C=O) groups is 3. The molecule has 1 aromatic carbocycles. The van der Waals surface area contributed by atoms with E-state index in [1.54, 1.807) is 17.9 Å². The van der Waals surface area contributed by atoms with Gasteiger partial charge >= 0.3 is 6.09 Å². The molecule has 0 radical (unpaired) electrons. The van der Waals surface area contributed by atoms with Gasteiger partial charge in [0.1, 0.15) is 6.07 Å². The van der Waals surface area contributed by atoms with Crippen LogP contribution in [0.1, 0.15) is 25.3 Å². The molecule has 0 bridgehead atoms. The van der Waals surface area contributed by atoms with Crippen LogP contribution in [0.3, 0.4) is 0 Å². The molecule has 1 unspecified atom stereocenters. The molecule has 1 aliphatic heterocycles. The van der Waals surface area contributed by atoms with E-state index in [9.17, 15) is 19.6 Å². The number of ether oxygens (including phenoxy) is 1. The van der Waals surface area contributed by atoms with Crippen LogP contribution in [0.25, 0.3) is 0 Å². The lowest BCUT2D eigenvalue weighted by atomic mass is 9.97. The first-order valence-corrected chi connectivity index (χ1v) is 8.68. The summed E-state index contributed by atoms with van der Waals surface area (Å²) in [4.78, 5) is 37.4. The van der Waals surface area contributed by atoms with Gasteiger partial charge in [-0.05, 0) is 44.0 Å². The molecule has 1 aromatic rings. The lowest BCUT2D eigenvalue weighted by Gasteiger charge is -2.31. The van der Waals surface area contributed by atoms with Crippen molar-refractivity contribution in [2.75, 3.05) is 30.3 Å². The summed E-state index contributed by atoms with van der Waals surface area (Å²) in [6, 6.07) is 6.58. The first kappa shape index (κ1) is 20.0. The van der Waals surface area contributed by atoms with Crippen molar-refractivity contribution in [1.29, 1.82) is 5.26 Å². The Bertz CT molecular complexity index is 784. The molecule has 0 spiro atoms. The average molecular weight is 370 g/mol. The summed E-state index contributed by atoms with van der Waals surface area (Å²) in [6.45, 7) is 6.32. The molecule has 8 heteroatoms. The monoisotopic (exact) mass is 370 g/mol. The van der Waals surface area contributed by atoms with Gasteiger partial charge in [-0.2, -0.15) is 5.26 Å². The van der Waals surface area contributed by atoms with E-state index < -0.39 is 6.09 Å². The Hall–Kier alpha value is -3.34. The minimum absolute atomic E-state index is 0.186. The largest absolute Gasteiger partial charge is 0.450 e. The number of nitrogens with one attached hydrogen (secondary N) is 2. The highest BCUT2D eigenvalue weighted by atomic mass is 16.5. The van der Waals surface area contributed by atoms with Crippen LogP contribution in [-0.4, -0.2) is 42.5 Å². The van der Waals surface area contributed by atoms with Gasteiger partial charge in [-0.3, -0.25) is 14.9 Å². The van der Waals surface area contributed by atoms with E-state index in [4.69, 9.17) is 4.74 Å². The standard InChI is InChI=1S/C19H22N4O4/c1-3-17(24)23-9-5-6-13(12-23)18(25)21-15-7-8-16(14(10-15)11-20)22-19(26)27-4-2/h3,7-8,10,13H,1,4-6,9,12H2,2H3,(H,21,25)(H,22,26). The predicted molar refractivity (Wildman–Crippen MR) is 99.9 cm³/mol. The summed E-state index contributed by atoms with van der Waals surface area (Å²) in [6.07, 6.45) is 2.01. The zero-order chi connectivity index (χ0) is 19.8. The van der Waals surface area contributed by atoms with Crippen LogP contribution in [0.15, 0.2) is 30.9 Å². The number of nitriles is 1. The van der Waals surface area contributed by atoms with Gasteiger partial charge < -0.3 is 15.0 Å². The number of anilines is 2. The van der Waals surface area contributed by atoms with Gasteiger partial charge in [0, 0.05) is 18.8 Å². The van der Waals surface area contributed by atoms with Gasteiger partial charge in [0.15, 0.2) is 0 Å². The molecule has 27 heavy (non-hydrogen) atoms. The highest BCUT2D eigenvalue weighted by molar-refractivity contribution is 5.95. The SMILES string of the molecule is C=CC(=O)N1CCCC(C(=O)Nc2ccc(NC(=O)OCC)c(C#N)c2)C1. The molecule has 1 fully saturated rings. The Balaban J connectivity index is 2.05. The van der Waals surface area contributed by atoms with Crippen molar-refractivity contribution in [3.8, 4) is 6.07 Å². The molecule has 2 rings (SSSR count). The second-order valence-corrected chi connectivity index (χ2v) is 6.03. The molecule has 8 nitrogen and oxygen atoms in total. The zero-order valence-electron chi connectivity index (χ0n) is 15.2. The van der Waals surface area contributed by atoms with E-state index >= 15 is 0 Å². The van der Waals surface area contributed by atoms with Crippen molar-refractivity contribution in [3.63, 3.8) is 0 Å². The lowest BCUT2D eigenvalue weighted by Crippen LogP contribution is -2.43. The molecule has 0 saturated carbocycles. The van der Waals surface area contributed by atoms with Crippen molar-refractivity contribution < 1.29 is 19.1 Å². The zero-order valence-corrected chi connectivity index (χ0v) is 15.2. The smallest absolute Gasteiger partial charge is 0.411 e. The molecular weight excluding hydrogens is 348 g/mol. The Morgan fingerprint density at radius 3 is 2.85 bits per heavy atom. The van der Waals surface area contributed by atoms with Crippen LogP contribution in [0.5, 0.6) is 0 Å². The van der Waals surface area contributed by atoms with Crippen LogP contribution in [0.4, 0.5) is 16.2 Å². The number of hydrogen-bond donors (Lipinski definition) is 2. The van der Waals surface area contributed by atoms with Gasteiger partial charge in [-0.25, -0.2) is 4.79 Å². The maximum absolute atomic E-state index is 12.5. The molecular formula is C19H22N4O4. The number of amides is 3. The topological polar surface area (TPSA) is 112 Å². The van der Waals surface area contributed by atoms with Gasteiger partial charge in [0.25, 0.3) is 0 Å². The Morgan fingerprint density at radius 1 is 1.41 bits per heavy atom. The normalized spacial score (nSPS) is 16.0. The third kappa shape index (κ3) is 5.31. The van der Waals surface area contributed by atoms with Crippen LogP contribution < -0.4 is 10.6 Å². The first-order chi connectivity index (χ1) is 13.0. The number of likely N-dealkylation sites (tertiary alicyclic amines) is 1. The second-order valence-electron chi connectivity index (χ2n) is 6.03. The van der Waals surface area contributed by atoms with Crippen molar-refractivity contribution >= 4 is 29.3 Å². The molecule has 142 valence electrons. The van der Waals surface area contributed by atoms with E-state index in [0.29, 0.717) is 30.9 Å². The highest BCUT2D eigenvalue weighted by Crippen LogP contribution is 2.23. The third-order valence-electron chi connectivity index (χ3n) is 4.20. The fourth-order valence-corrected chi connectivity index (χ4v) is 2.87. The Morgan fingerprint density at radius 2 is 2.19 bits per heavy atom.